The van der Waals surface area contributed by atoms with Gasteiger partial charge in [-0.2, -0.15) is 16.8 Å². The van der Waals surface area contributed by atoms with Crippen molar-refractivity contribution in [2.24, 2.45) is 0 Å². The van der Waals surface area contributed by atoms with E-state index in [2.05, 4.69) is 6.92 Å². The van der Waals surface area contributed by atoms with Crippen molar-refractivity contribution in [3.8, 4) is 0 Å². The summed E-state index contributed by atoms with van der Waals surface area (Å²) >= 11 is 0. The Morgan fingerprint density at radius 1 is 0.905 bits per heavy atom. The lowest BCUT2D eigenvalue weighted by molar-refractivity contribution is 0.481. The van der Waals surface area contributed by atoms with Crippen LogP contribution < -0.4 is 0 Å². The molecule has 122 valence electrons. The third-order valence-electron chi connectivity index (χ3n) is 2.66. The van der Waals surface area contributed by atoms with Crippen LogP contribution in [0.15, 0.2) is 29.2 Å². The summed E-state index contributed by atoms with van der Waals surface area (Å²) in [7, 11) is -7.71. The van der Waals surface area contributed by atoms with Crippen LogP contribution in [0.1, 0.15) is 38.7 Å². The standard InChI is InChI=1S/C11H16O3S.C2H6O3S/c1-2-3-4-5-10-6-8-11(9-7-10)15(12,13)14;1-2-6(3,4)5/h6-9H,2-5H2,1H3,(H,12,13,14);2H2,1H3,(H,3,4,5). The first-order chi connectivity index (χ1) is 9.60. The second-order valence-electron chi connectivity index (χ2n) is 4.45. The van der Waals surface area contributed by atoms with Crippen LogP contribution in [0.3, 0.4) is 0 Å². The molecule has 0 heterocycles. The number of hydrogen-bond acceptors (Lipinski definition) is 4. The number of aryl methyl sites for hydroxylation is 1. The Hall–Kier alpha value is -0.960. The molecule has 1 aromatic carbocycles. The van der Waals surface area contributed by atoms with Crippen LogP contribution in [0, 0.1) is 0 Å². The van der Waals surface area contributed by atoms with Crippen molar-refractivity contribution in [1.29, 1.82) is 0 Å². The molecule has 0 aromatic heterocycles. The van der Waals surface area contributed by atoms with Gasteiger partial charge in [0.15, 0.2) is 0 Å². The molecule has 0 aliphatic rings. The monoisotopic (exact) mass is 338 g/mol. The van der Waals surface area contributed by atoms with Gasteiger partial charge in [-0.15, -0.1) is 0 Å². The molecule has 0 aliphatic carbocycles. The normalized spacial score (nSPS) is 11.6. The molecule has 0 atom stereocenters. The van der Waals surface area contributed by atoms with Gasteiger partial charge in [-0.25, -0.2) is 0 Å². The fraction of sp³-hybridized carbons (Fsp3) is 0.538. The predicted octanol–water partition coefficient (Wildman–Crippen LogP) is 2.56. The Bertz CT molecular complexity index is 603. The van der Waals surface area contributed by atoms with E-state index in [1.54, 1.807) is 12.1 Å². The largest absolute Gasteiger partial charge is 0.294 e. The van der Waals surface area contributed by atoms with Crippen LogP contribution in [0.5, 0.6) is 0 Å². The van der Waals surface area contributed by atoms with Gasteiger partial charge in [0, 0.05) is 0 Å². The highest BCUT2D eigenvalue weighted by Gasteiger charge is 2.07. The van der Waals surface area contributed by atoms with E-state index < -0.39 is 20.2 Å². The second kappa shape index (κ2) is 9.14. The quantitative estimate of drug-likeness (QED) is 0.609. The Labute approximate surface area is 126 Å². The van der Waals surface area contributed by atoms with Gasteiger partial charge in [-0.05, 0) is 37.5 Å². The molecular formula is C13H22O6S2. The van der Waals surface area contributed by atoms with E-state index >= 15 is 0 Å². The van der Waals surface area contributed by atoms with Crippen molar-refractivity contribution in [2.75, 3.05) is 5.75 Å². The Morgan fingerprint density at radius 2 is 1.38 bits per heavy atom. The highest BCUT2D eigenvalue weighted by Crippen LogP contribution is 2.12. The summed E-state index contributed by atoms with van der Waals surface area (Å²) in [6.07, 6.45) is 4.42. The molecule has 0 bridgehead atoms. The third kappa shape index (κ3) is 10.4. The van der Waals surface area contributed by atoms with Gasteiger partial charge in [-0.3, -0.25) is 9.11 Å². The van der Waals surface area contributed by atoms with Crippen LogP contribution >= 0.6 is 0 Å². The van der Waals surface area contributed by atoms with Gasteiger partial charge in [-0.1, -0.05) is 31.9 Å². The first kappa shape index (κ1) is 20.0. The summed E-state index contributed by atoms with van der Waals surface area (Å²) in [5, 5.41) is 0. The molecule has 8 heteroatoms. The second-order valence-corrected chi connectivity index (χ2v) is 7.61. The number of rotatable bonds is 6. The molecule has 0 spiro atoms. The Kier molecular flexibility index (Phi) is 8.72. The SMILES string of the molecule is CCCCCc1ccc(S(=O)(=O)O)cc1.CCS(=O)(=O)O. The molecule has 1 rings (SSSR count). The number of unbranched alkanes of at least 4 members (excludes halogenated alkanes) is 2. The third-order valence-corrected chi connectivity index (χ3v) is 4.25. The van der Waals surface area contributed by atoms with Crippen molar-refractivity contribution in [3.05, 3.63) is 29.8 Å². The van der Waals surface area contributed by atoms with E-state index in [1.807, 2.05) is 0 Å². The summed E-state index contributed by atoms with van der Waals surface area (Å²) in [5.41, 5.74) is 1.11. The van der Waals surface area contributed by atoms with Crippen LogP contribution in [-0.4, -0.2) is 31.7 Å². The van der Waals surface area contributed by atoms with E-state index in [1.165, 1.54) is 31.9 Å². The molecule has 0 saturated carbocycles. The smallest absolute Gasteiger partial charge is 0.286 e. The van der Waals surface area contributed by atoms with Crippen LogP contribution in [0.4, 0.5) is 0 Å². The predicted molar refractivity (Wildman–Crippen MR) is 81.6 cm³/mol. The number of hydrogen-bond donors (Lipinski definition) is 2. The zero-order chi connectivity index (χ0) is 16.5. The van der Waals surface area contributed by atoms with Gasteiger partial charge in [0.25, 0.3) is 20.2 Å². The Morgan fingerprint density at radius 3 is 1.71 bits per heavy atom. The minimum atomic E-state index is -4.04. The summed E-state index contributed by atoms with van der Waals surface area (Å²) in [5.74, 6) is -0.201. The van der Waals surface area contributed by atoms with E-state index in [-0.39, 0.29) is 10.6 Å². The van der Waals surface area contributed by atoms with E-state index in [0.717, 1.165) is 18.4 Å². The lowest BCUT2D eigenvalue weighted by atomic mass is 10.1. The molecule has 0 unspecified atom stereocenters. The summed E-state index contributed by atoms with van der Waals surface area (Å²) < 4.78 is 57.2. The van der Waals surface area contributed by atoms with Crippen molar-refractivity contribution in [2.45, 2.75) is 44.4 Å². The van der Waals surface area contributed by atoms with Gasteiger partial charge < -0.3 is 0 Å². The first-order valence-corrected chi connectivity index (χ1v) is 9.66. The highest BCUT2D eigenvalue weighted by molar-refractivity contribution is 7.86. The zero-order valence-electron chi connectivity index (χ0n) is 12.2. The van der Waals surface area contributed by atoms with Crippen molar-refractivity contribution in [3.63, 3.8) is 0 Å². The maximum absolute atomic E-state index is 10.8. The summed E-state index contributed by atoms with van der Waals surface area (Å²) in [4.78, 5) is -0.0401. The topological polar surface area (TPSA) is 109 Å². The van der Waals surface area contributed by atoms with Gasteiger partial charge in [0.1, 0.15) is 0 Å². The van der Waals surface area contributed by atoms with Crippen LogP contribution in [0.25, 0.3) is 0 Å². The Balaban J connectivity index is 0.000000567. The first-order valence-electron chi connectivity index (χ1n) is 6.61. The molecule has 0 amide bonds. The molecule has 21 heavy (non-hydrogen) atoms. The van der Waals surface area contributed by atoms with Gasteiger partial charge >= 0.3 is 0 Å². The van der Waals surface area contributed by atoms with Crippen molar-refractivity contribution < 1.29 is 25.9 Å². The molecular weight excluding hydrogens is 316 g/mol. The molecule has 1 aromatic rings. The maximum Gasteiger partial charge on any atom is 0.294 e. The van der Waals surface area contributed by atoms with Gasteiger partial charge in [0.2, 0.25) is 0 Å². The highest BCUT2D eigenvalue weighted by atomic mass is 32.2. The average Bonchev–Trinajstić information content (AvgIpc) is 2.38. The van der Waals surface area contributed by atoms with Gasteiger partial charge in [0.05, 0.1) is 10.6 Å². The molecule has 6 nitrogen and oxygen atoms in total. The molecule has 0 saturated heterocycles. The minimum absolute atomic E-state index is 0.0401. The van der Waals surface area contributed by atoms with Crippen LogP contribution in [-0.2, 0) is 26.7 Å². The zero-order valence-corrected chi connectivity index (χ0v) is 13.8. The molecule has 0 aliphatic heterocycles. The lowest BCUT2D eigenvalue weighted by Crippen LogP contribution is -1.97. The van der Waals surface area contributed by atoms with E-state index in [9.17, 15) is 16.8 Å². The van der Waals surface area contributed by atoms with E-state index in [0.29, 0.717) is 0 Å². The average molecular weight is 338 g/mol. The minimum Gasteiger partial charge on any atom is -0.286 e. The summed E-state index contributed by atoms with van der Waals surface area (Å²) in [6.45, 7) is 3.51. The maximum atomic E-state index is 10.8. The molecule has 0 radical (unpaired) electrons. The molecule has 0 fully saturated rings. The molecule has 2 N–H and O–H groups in total. The van der Waals surface area contributed by atoms with Crippen LogP contribution in [0.2, 0.25) is 0 Å². The van der Waals surface area contributed by atoms with Crippen molar-refractivity contribution >= 4 is 20.2 Å². The summed E-state index contributed by atoms with van der Waals surface area (Å²) in [6, 6.07) is 6.38. The lowest BCUT2D eigenvalue weighted by Gasteiger charge is -2.01. The van der Waals surface area contributed by atoms with Crippen molar-refractivity contribution in [1.82, 2.24) is 0 Å². The fourth-order valence-electron chi connectivity index (χ4n) is 1.41. The number of benzene rings is 1. The van der Waals surface area contributed by atoms with E-state index in [4.69, 9.17) is 9.11 Å². The fourth-order valence-corrected chi connectivity index (χ4v) is 1.89.